The summed E-state index contributed by atoms with van der Waals surface area (Å²) in [7, 11) is 0. The van der Waals surface area contributed by atoms with Crippen LogP contribution in [0.25, 0.3) is 0 Å². The Morgan fingerprint density at radius 1 is 1.24 bits per heavy atom. The highest BCUT2D eigenvalue weighted by Crippen LogP contribution is 2.04. The number of hydrogen-bond acceptors (Lipinski definition) is 5. The number of nitrogen functional groups attached to an aromatic ring is 1. The number of nitrogens with one attached hydrogen (secondary N) is 2. The summed E-state index contributed by atoms with van der Waals surface area (Å²) in [5.74, 6) is -2.57. The highest BCUT2D eigenvalue weighted by atomic mass is 16.4. The van der Waals surface area contributed by atoms with Gasteiger partial charge < -0.3 is 26.6 Å². The Bertz CT molecular complexity index is 527. The third-order valence-electron chi connectivity index (χ3n) is 2.65. The standard InChI is InChI=1S/C13H17N3O5/c1-7(17)11(13(20)21)16-10(18)6-15-12(19)8-2-4-9(14)5-3-8/h2-5,7,11,17H,6,14H2,1H3,(H,15,19)(H,16,18)(H,20,21)/t7-,11+/m1/s1. The van der Waals surface area contributed by atoms with Gasteiger partial charge in [0.2, 0.25) is 5.91 Å². The average molecular weight is 295 g/mol. The molecule has 0 saturated heterocycles. The number of carboxylic acids is 1. The molecular weight excluding hydrogens is 278 g/mol. The van der Waals surface area contributed by atoms with Crippen molar-refractivity contribution in [3.63, 3.8) is 0 Å². The van der Waals surface area contributed by atoms with Gasteiger partial charge in [0.15, 0.2) is 6.04 Å². The summed E-state index contributed by atoms with van der Waals surface area (Å²) in [5.41, 5.74) is 6.31. The number of nitrogens with two attached hydrogens (primary N) is 1. The average Bonchev–Trinajstić information content (AvgIpc) is 2.42. The third-order valence-corrected chi connectivity index (χ3v) is 2.65. The van der Waals surface area contributed by atoms with E-state index in [0.29, 0.717) is 11.3 Å². The van der Waals surface area contributed by atoms with E-state index in [2.05, 4.69) is 10.6 Å². The van der Waals surface area contributed by atoms with Gasteiger partial charge in [0.25, 0.3) is 5.91 Å². The molecule has 0 fully saturated rings. The number of amides is 2. The highest BCUT2D eigenvalue weighted by molar-refractivity contribution is 5.97. The van der Waals surface area contributed by atoms with E-state index >= 15 is 0 Å². The molecule has 1 rings (SSSR count). The number of carboxylic acid groups (broad SMARTS) is 1. The minimum Gasteiger partial charge on any atom is -0.480 e. The molecule has 6 N–H and O–H groups in total. The van der Waals surface area contributed by atoms with Crippen LogP contribution in [0.15, 0.2) is 24.3 Å². The normalized spacial score (nSPS) is 13.0. The summed E-state index contributed by atoms with van der Waals surface area (Å²) in [4.78, 5) is 34.0. The summed E-state index contributed by atoms with van der Waals surface area (Å²) < 4.78 is 0. The second-order valence-corrected chi connectivity index (χ2v) is 4.43. The van der Waals surface area contributed by atoms with E-state index in [0.717, 1.165) is 0 Å². The fourth-order valence-electron chi connectivity index (χ4n) is 1.51. The Balaban J connectivity index is 2.51. The van der Waals surface area contributed by atoms with E-state index < -0.39 is 36.5 Å². The van der Waals surface area contributed by atoms with Gasteiger partial charge in [-0.15, -0.1) is 0 Å². The molecule has 8 heteroatoms. The molecule has 0 spiro atoms. The van der Waals surface area contributed by atoms with Gasteiger partial charge in [-0.1, -0.05) is 0 Å². The van der Waals surface area contributed by atoms with Crippen LogP contribution in [0.5, 0.6) is 0 Å². The number of hydrogen-bond donors (Lipinski definition) is 5. The number of anilines is 1. The van der Waals surface area contributed by atoms with Crippen molar-refractivity contribution >= 4 is 23.5 Å². The lowest BCUT2D eigenvalue weighted by atomic mass is 10.2. The second kappa shape index (κ2) is 7.25. The van der Waals surface area contributed by atoms with Crippen molar-refractivity contribution in [2.45, 2.75) is 19.1 Å². The predicted molar refractivity (Wildman–Crippen MR) is 74.4 cm³/mol. The molecule has 0 bridgehead atoms. The zero-order valence-corrected chi connectivity index (χ0v) is 11.4. The van der Waals surface area contributed by atoms with Crippen LogP contribution in [0.4, 0.5) is 5.69 Å². The van der Waals surface area contributed by atoms with Gasteiger partial charge in [-0.05, 0) is 31.2 Å². The number of rotatable bonds is 6. The first-order valence-corrected chi connectivity index (χ1v) is 6.15. The quantitative estimate of drug-likeness (QED) is 0.424. The second-order valence-electron chi connectivity index (χ2n) is 4.43. The maximum Gasteiger partial charge on any atom is 0.328 e. The van der Waals surface area contributed by atoms with Crippen LogP contribution < -0.4 is 16.4 Å². The maximum atomic E-state index is 11.7. The Kier molecular flexibility index (Phi) is 5.67. The molecule has 2 amide bonds. The predicted octanol–water partition coefficient (Wildman–Crippen LogP) is -1.05. The largest absolute Gasteiger partial charge is 0.480 e. The zero-order chi connectivity index (χ0) is 16.0. The first kappa shape index (κ1) is 16.4. The molecule has 0 saturated carbocycles. The lowest BCUT2D eigenvalue weighted by molar-refractivity contribution is -0.144. The minimum atomic E-state index is -1.43. The number of benzene rings is 1. The molecule has 8 nitrogen and oxygen atoms in total. The molecule has 0 radical (unpaired) electrons. The monoisotopic (exact) mass is 295 g/mol. The van der Waals surface area contributed by atoms with Gasteiger partial charge in [-0.3, -0.25) is 9.59 Å². The van der Waals surface area contributed by atoms with Crippen LogP contribution in [0, 0.1) is 0 Å². The van der Waals surface area contributed by atoms with Gasteiger partial charge in [-0.25, -0.2) is 4.79 Å². The van der Waals surface area contributed by atoms with Crippen LogP contribution in [0.2, 0.25) is 0 Å². The third kappa shape index (κ3) is 5.11. The molecule has 0 aliphatic carbocycles. The summed E-state index contributed by atoms with van der Waals surface area (Å²) in [6.07, 6.45) is -1.25. The molecule has 0 unspecified atom stereocenters. The van der Waals surface area contributed by atoms with Crippen LogP contribution in [0.3, 0.4) is 0 Å². The fourth-order valence-corrected chi connectivity index (χ4v) is 1.51. The van der Waals surface area contributed by atoms with E-state index in [-0.39, 0.29) is 0 Å². The number of aliphatic carboxylic acids is 1. The molecule has 0 heterocycles. The SMILES string of the molecule is C[C@@H](O)[C@H](NC(=O)CNC(=O)c1ccc(N)cc1)C(=O)O. The van der Waals surface area contributed by atoms with Crippen LogP contribution in [-0.2, 0) is 9.59 Å². The molecule has 114 valence electrons. The zero-order valence-electron chi connectivity index (χ0n) is 11.4. The van der Waals surface area contributed by atoms with Crippen LogP contribution in [0.1, 0.15) is 17.3 Å². The molecule has 1 aromatic rings. The fraction of sp³-hybridized carbons (Fsp3) is 0.308. The minimum absolute atomic E-state index is 0.322. The molecule has 0 aliphatic rings. The van der Waals surface area contributed by atoms with Gasteiger partial charge in [0, 0.05) is 11.3 Å². The Morgan fingerprint density at radius 3 is 2.29 bits per heavy atom. The first-order valence-electron chi connectivity index (χ1n) is 6.15. The molecule has 0 aliphatic heterocycles. The van der Waals surface area contributed by atoms with Crippen molar-refractivity contribution in [1.82, 2.24) is 10.6 Å². The molecule has 0 aromatic heterocycles. The highest BCUT2D eigenvalue weighted by Gasteiger charge is 2.24. The lowest BCUT2D eigenvalue weighted by Crippen LogP contribution is -2.50. The Hall–Kier alpha value is -2.61. The van der Waals surface area contributed by atoms with Crippen molar-refractivity contribution in [2.24, 2.45) is 0 Å². The van der Waals surface area contributed by atoms with Crippen molar-refractivity contribution in [1.29, 1.82) is 0 Å². The van der Waals surface area contributed by atoms with Crippen LogP contribution >= 0.6 is 0 Å². The van der Waals surface area contributed by atoms with E-state index in [9.17, 15) is 19.5 Å². The van der Waals surface area contributed by atoms with E-state index in [1.165, 1.54) is 19.1 Å². The lowest BCUT2D eigenvalue weighted by Gasteiger charge is -2.17. The van der Waals surface area contributed by atoms with Crippen molar-refractivity contribution in [3.8, 4) is 0 Å². The molecule has 2 atom stereocenters. The van der Waals surface area contributed by atoms with Gasteiger partial charge in [-0.2, -0.15) is 0 Å². The van der Waals surface area contributed by atoms with Gasteiger partial charge >= 0.3 is 5.97 Å². The number of aliphatic hydroxyl groups is 1. The van der Waals surface area contributed by atoms with E-state index in [1.807, 2.05) is 0 Å². The van der Waals surface area contributed by atoms with Gasteiger partial charge in [0.1, 0.15) is 0 Å². The number of aliphatic hydroxyl groups excluding tert-OH is 1. The summed E-state index contributed by atoms with van der Waals surface area (Å²) in [6, 6.07) is 4.66. The van der Waals surface area contributed by atoms with Crippen molar-refractivity contribution in [2.75, 3.05) is 12.3 Å². The summed E-state index contributed by atoms with van der Waals surface area (Å²) in [6.45, 7) is 0.839. The Labute approximate surface area is 120 Å². The maximum absolute atomic E-state index is 11.7. The van der Waals surface area contributed by atoms with Crippen molar-refractivity contribution < 1.29 is 24.6 Å². The molecule has 1 aromatic carbocycles. The first-order chi connectivity index (χ1) is 9.81. The van der Waals surface area contributed by atoms with Gasteiger partial charge in [0.05, 0.1) is 12.6 Å². The smallest absolute Gasteiger partial charge is 0.328 e. The number of carbonyl (C=O) groups excluding carboxylic acids is 2. The summed E-state index contributed by atoms with van der Waals surface area (Å²) in [5, 5.41) is 22.5. The molecular formula is C13H17N3O5. The topological polar surface area (TPSA) is 142 Å². The molecule has 21 heavy (non-hydrogen) atoms. The van der Waals surface area contributed by atoms with E-state index in [1.54, 1.807) is 12.1 Å². The van der Waals surface area contributed by atoms with Crippen LogP contribution in [-0.4, -0.2) is 46.7 Å². The number of carbonyl (C=O) groups is 3. The Morgan fingerprint density at radius 2 is 1.81 bits per heavy atom. The summed E-state index contributed by atoms with van der Waals surface area (Å²) >= 11 is 0. The van der Waals surface area contributed by atoms with E-state index in [4.69, 9.17) is 10.8 Å². The van der Waals surface area contributed by atoms with Crippen molar-refractivity contribution in [3.05, 3.63) is 29.8 Å².